The van der Waals surface area contributed by atoms with E-state index in [0.29, 0.717) is 16.9 Å². The largest absolute Gasteiger partial charge is 0.490 e. The second kappa shape index (κ2) is 15.4. The molecule has 0 aromatic heterocycles. The van der Waals surface area contributed by atoms with Crippen molar-refractivity contribution in [3.05, 3.63) is 102 Å². The maximum atomic E-state index is 12.0. The number of hydrogen-bond acceptors (Lipinski definition) is 6. The molecule has 0 fully saturated rings. The topological polar surface area (TPSA) is 82.1 Å². The van der Waals surface area contributed by atoms with Crippen LogP contribution in [0.5, 0.6) is 5.75 Å². The minimum atomic E-state index is -0.677. The van der Waals surface area contributed by atoms with Crippen molar-refractivity contribution in [2.24, 2.45) is 0 Å². The SMILES string of the molecule is C=C(C)C(=O)OCc1cc(-c2ccc(-c3ccc(CCCCC)cc3)cc2)ccc1OCCOC(=O)C(=C)CO. The molecule has 3 rings (SSSR count). The third-order valence-electron chi connectivity index (χ3n) is 6.40. The van der Waals surface area contributed by atoms with E-state index in [4.69, 9.17) is 19.3 Å². The van der Waals surface area contributed by atoms with Crippen molar-refractivity contribution in [1.82, 2.24) is 0 Å². The van der Waals surface area contributed by atoms with Crippen LogP contribution in [0.1, 0.15) is 44.2 Å². The number of ether oxygens (including phenoxy) is 3. The number of aliphatic hydroxyl groups excluding tert-OH is 1. The highest BCUT2D eigenvalue weighted by atomic mass is 16.6. The van der Waals surface area contributed by atoms with Crippen molar-refractivity contribution < 1.29 is 28.9 Å². The molecule has 0 atom stereocenters. The van der Waals surface area contributed by atoms with Gasteiger partial charge in [-0.05, 0) is 59.7 Å². The van der Waals surface area contributed by atoms with Crippen LogP contribution in [0, 0.1) is 0 Å². The van der Waals surface area contributed by atoms with E-state index in [2.05, 4.69) is 68.6 Å². The molecule has 0 amide bonds. The van der Waals surface area contributed by atoms with Gasteiger partial charge in [0.15, 0.2) is 0 Å². The predicted octanol–water partition coefficient (Wildman–Crippen LogP) is 6.84. The van der Waals surface area contributed by atoms with E-state index >= 15 is 0 Å². The van der Waals surface area contributed by atoms with Gasteiger partial charge in [0.1, 0.15) is 25.6 Å². The third-order valence-corrected chi connectivity index (χ3v) is 6.40. The molecule has 0 spiro atoms. The normalized spacial score (nSPS) is 10.6. The molecule has 0 saturated heterocycles. The van der Waals surface area contributed by atoms with Gasteiger partial charge in [0.05, 0.1) is 12.2 Å². The molecule has 6 nitrogen and oxygen atoms in total. The van der Waals surface area contributed by atoms with Crippen LogP contribution in [0.4, 0.5) is 0 Å². The van der Waals surface area contributed by atoms with Crippen LogP contribution < -0.4 is 4.74 Å². The molecule has 0 bridgehead atoms. The van der Waals surface area contributed by atoms with Gasteiger partial charge in [-0.1, -0.05) is 87.5 Å². The summed E-state index contributed by atoms with van der Waals surface area (Å²) in [6.45, 7) is 10.5. The lowest BCUT2D eigenvalue weighted by molar-refractivity contribution is -0.141. The molecule has 0 aliphatic heterocycles. The van der Waals surface area contributed by atoms with Crippen molar-refractivity contribution >= 4 is 11.9 Å². The van der Waals surface area contributed by atoms with Gasteiger partial charge in [-0.2, -0.15) is 0 Å². The summed E-state index contributed by atoms with van der Waals surface area (Å²) in [5, 5.41) is 8.98. The van der Waals surface area contributed by atoms with Gasteiger partial charge in [0.25, 0.3) is 0 Å². The fourth-order valence-corrected chi connectivity index (χ4v) is 4.03. The van der Waals surface area contributed by atoms with Crippen LogP contribution in [-0.2, 0) is 32.1 Å². The lowest BCUT2D eigenvalue weighted by Crippen LogP contribution is -2.15. The molecule has 0 aliphatic rings. The number of rotatable bonds is 15. The fourth-order valence-electron chi connectivity index (χ4n) is 4.03. The van der Waals surface area contributed by atoms with Gasteiger partial charge in [0, 0.05) is 11.1 Å². The molecular weight excluding hydrogens is 504 g/mol. The first-order chi connectivity index (χ1) is 19.3. The third kappa shape index (κ3) is 8.95. The van der Waals surface area contributed by atoms with E-state index in [0.717, 1.165) is 23.1 Å². The van der Waals surface area contributed by atoms with Gasteiger partial charge in [-0.15, -0.1) is 0 Å². The maximum Gasteiger partial charge on any atom is 0.335 e. The Hall–Kier alpha value is -4.16. The second-order valence-corrected chi connectivity index (χ2v) is 9.66. The lowest BCUT2D eigenvalue weighted by Gasteiger charge is -2.14. The zero-order chi connectivity index (χ0) is 28.9. The minimum Gasteiger partial charge on any atom is -0.490 e. The summed E-state index contributed by atoms with van der Waals surface area (Å²) in [7, 11) is 0. The molecule has 0 saturated carbocycles. The van der Waals surface area contributed by atoms with E-state index in [9.17, 15) is 9.59 Å². The smallest absolute Gasteiger partial charge is 0.335 e. The molecule has 0 unspecified atom stereocenters. The van der Waals surface area contributed by atoms with E-state index < -0.39 is 18.5 Å². The standard InChI is InChI=1S/C34H38O6/c1-5-6-7-8-26-9-11-27(12-10-26)28-13-15-29(16-14-28)30-17-18-32(31(21-30)23-40-33(36)24(2)3)38-19-20-39-34(37)25(4)22-35/h9-18,21,35H,2,4-8,19-20,22-23H2,1,3H3. The zero-order valence-electron chi connectivity index (χ0n) is 23.4. The van der Waals surface area contributed by atoms with Crippen molar-refractivity contribution in [1.29, 1.82) is 0 Å². The van der Waals surface area contributed by atoms with Crippen LogP contribution >= 0.6 is 0 Å². The predicted molar refractivity (Wildman–Crippen MR) is 158 cm³/mol. The van der Waals surface area contributed by atoms with Crippen LogP contribution in [0.3, 0.4) is 0 Å². The molecule has 0 heterocycles. The Bertz CT molecular complexity index is 1310. The number of aliphatic hydroxyl groups is 1. The Kier molecular flexibility index (Phi) is 11.7. The van der Waals surface area contributed by atoms with E-state index in [-0.39, 0.29) is 25.4 Å². The van der Waals surface area contributed by atoms with Crippen LogP contribution in [0.2, 0.25) is 0 Å². The van der Waals surface area contributed by atoms with E-state index in [1.807, 2.05) is 12.1 Å². The summed E-state index contributed by atoms with van der Waals surface area (Å²) < 4.78 is 16.2. The van der Waals surface area contributed by atoms with Crippen LogP contribution in [-0.4, -0.2) is 36.9 Å². The number of unbranched alkanes of at least 4 members (excludes halogenated alkanes) is 2. The zero-order valence-corrected chi connectivity index (χ0v) is 23.4. The first kappa shape index (κ1) is 30.4. The van der Waals surface area contributed by atoms with E-state index in [1.165, 1.54) is 30.4 Å². The highest BCUT2D eigenvalue weighted by molar-refractivity contribution is 5.88. The first-order valence-electron chi connectivity index (χ1n) is 13.6. The van der Waals surface area contributed by atoms with Gasteiger partial charge in [0.2, 0.25) is 0 Å². The number of benzene rings is 3. The molecule has 40 heavy (non-hydrogen) atoms. The summed E-state index contributed by atoms with van der Waals surface area (Å²) in [6.07, 6.45) is 4.81. The van der Waals surface area contributed by atoms with Gasteiger partial charge < -0.3 is 19.3 Å². The van der Waals surface area contributed by atoms with Crippen LogP contribution in [0.25, 0.3) is 22.3 Å². The lowest BCUT2D eigenvalue weighted by atomic mass is 9.97. The molecule has 3 aromatic rings. The highest BCUT2D eigenvalue weighted by Gasteiger charge is 2.12. The van der Waals surface area contributed by atoms with Crippen molar-refractivity contribution in [2.75, 3.05) is 19.8 Å². The molecule has 3 aromatic carbocycles. The summed E-state index contributed by atoms with van der Waals surface area (Å²) in [5.41, 5.74) is 6.57. The molecule has 6 heteroatoms. The van der Waals surface area contributed by atoms with Crippen molar-refractivity contribution in [3.8, 4) is 28.0 Å². The second-order valence-electron chi connectivity index (χ2n) is 9.66. The minimum absolute atomic E-state index is 0.00133. The molecular formula is C34H38O6. The van der Waals surface area contributed by atoms with Gasteiger partial charge in [-0.25, -0.2) is 9.59 Å². The fraction of sp³-hybridized carbons (Fsp3) is 0.294. The number of carbonyl (C=O) groups excluding carboxylic acids is 2. The van der Waals surface area contributed by atoms with Crippen molar-refractivity contribution in [3.63, 3.8) is 0 Å². The van der Waals surface area contributed by atoms with Gasteiger partial charge >= 0.3 is 11.9 Å². The van der Waals surface area contributed by atoms with Crippen LogP contribution in [0.15, 0.2) is 91.0 Å². The monoisotopic (exact) mass is 542 g/mol. The first-order valence-corrected chi connectivity index (χ1v) is 13.6. The highest BCUT2D eigenvalue weighted by Crippen LogP contribution is 2.30. The molecule has 0 radical (unpaired) electrons. The summed E-state index contributed by atoms with van der Waals surface area (Å²) in [5.74, 6) is -0.664. The Balaban J connectivity index is 1.72. The average Bonchev–Trinajstić information content (AvgIpc) is 2.98. The number of carbonyl (C=O) groups is 2. The summed E-state index contributed by atoms with van der Waals surface area (Å²) in [4.78, 5) is 23.7. The number of aryl methyl sites for hydroxylation is 1. The number of hydrogen-bond donors (Lipinski definition) is 1. The molecule has 210 valence electrons. The molecule has 0 aliphatic carbocycles. The maximum absolute atomic E-state index is 12.0. The van der Waals surface area contributed by atoms with E-state index in [1.54, 1.807) is 13.0 Å². The Morgan fingerprint density at radius 1 is 0.775 bits per heavy atom. The summed E-state index contributed by atoms with van der Waals surface area (Å²) >= 11 is 0. The summed E-state index contributed by atoms with van der Waals surface area (Å²) in [6, 6.07) is 22.7. The average molecular weight is 543 g/mol. The number of esters is 2. The molecule has 1 N–H and O–H groups in total. The Morgan fingerprint density at radius 2 is 1.38 bits per heavy atom. The van der Waals surface area contributed by atoms with Gasteiger partial charge in [-0.3, -0.25) is 0 Å². The Morgan fingerprint density at radius 3 is 1.98 bits per heavy atom. The Labute approximate surface area is 236 Å². The quantitative estimate of drug-likeness (QED) is 0.129. The van der Waals surface area contributed by atoms with Crippen molar-refractivity contribution in [2.45, 2.75) is 46.1 Å².